The molecule has 3 heteroatoms. The lowest BCUT2D eigenvalue weighted by atomic mass is 9.47. The topological polar surface area (TPSA) is 51.2 Å². The molecule has 0 aromatic carbocycles. The smallest absolute Gasteiger partial charge is 0.178 e. The van der Waals surface area contributed by atoms with E-state index in [0.29, 0.717) is 30.0 Å². The Morgan fingerprint density at radius 2 is 1.96 bits per heavy atom. The number of aldehydes is 1. The summed E-state index contributed by atoms with van der Waals surface area (Å²) in [5.41, 5.74) is 0.822. The first-order chi connectivity index (χ1) is 11.8. The number of rotatable bonds is 2. The fraction of sp³-hybridized carbons (Fsp3) is 0.682. The van der Waals surface area contributed by atoms with Crippen LogP contribution in [0.15, 0.2) is 23.8 Å². The van der Waals surface area contributed by atoms with E-state index in [2.05, 4.69) is 13.8 Å². The number of carbonyl (C=O) groups excluding carboxylic acids is 3. The molecule has 0 aromatic rings. The molecule has 0 bridgehead atoms. The number of hydrogen-bond donors (Lipinski definition) is 0. The molecule has 4 aliphatic rings. The van der Waals surface area contributed by atoms with Gasteiger partial charge in [0.2, 0.25) is 0 Å². The number of Topliss-reactive ketones (excluding diaryl/α,β-unsaturated/α-hetero) is 1. The molecule has 134 valence electrons. The molecule has 0 radical (unpaired) electrons. The number of fused-ring (bicyclic) bond motifs is 5. The normalized spacial score (nSPS) is 46.8. The van der Waals surface area contributed by atoms with Crippen LogP contribution in [-0.2, 0) is 14.4 Å². The van der Waals surface area contributed by atoms with Gasteiger partial charge in [0, 0.05) is 23.7 Å². The standard InChI is InChI=1S/C22H28O3/c1-13(12-23)17-6-7-18-16-5-4-14-10-15(24)8-9-21(14,2)20(16)19(25)11-22(17,18)3/h8-10,12-13,16-18,20H,4-7,11H2,1-3H3/t13?,16-,17+,18-,20+,21-,22+/m0/s1. The highest BCUT2D eigenvalue weighted by atomic mass is 16.1. The van der Waals surface area contributed by atoms with E-state index in [4.69, 9.17) is 0 Å². The molecule has 7 atom stereocenters. The van der Waals surface area contributed by atoms with Crippen molar-refractivity contribution < 1.29 is 14.4 Å². The van der Waals surface area contributed by atoms with Gasteiger partial charge in [-0.15, -0.1) is 0 Å². The summed E-state index contributed by atoms with van der Waals surface area (Å²) < 4.78 is 0. The Hall–Kier alpha value is -1.51. The van der Waals surface area contributed by atoms with Crippen LogP contribution < -0.4 is 0 Å². The van der Waals surface area contributed by atoms with E-state index < -0.39 is 0 Å². The summed E-state index contributed by atoms with van der Waals surface area (Å²) in [6, 6.07) is 0. The van der Waals surface area contributed by atoms with Gasteiger partial charge in [-0.3, -0.25) is 9.59 Å². The van der Waals surface area contributed by atoms with Gasteiger partial charge >= 0.3 is 0 Å². The summed E-state index contributed by atoms with van der Waals surface area (Å²) in [7, 11) is 0. The van der Waals surface area contributed by atoms with Crippen LogP contribution in [0.3, 0.4) is 0 Å². The van der Waals surface area contributed by atoms with Crippen molar-refractivity contribution in [2.45, 2.75) is 52.9 Å². The number of ketones is 2. The maximum atomic E-state index is 13.3. The van der Waals surface area contributed by atoms with Gasteiger partial charge in [-0.25, -0.2) is 0 Å². The fourth-order valence-electron chi connectivity index (χ4n) is 7.03. The van der Waals surface area contributed by atoms with Gasteiger partial charge in [-0.2, -0.15) is 0 Å². The lowest BCUT2D eigenvalue weighted by Crippen LogP contribution is -2.54. The summed E-state index contributed by atoms with van der Waals surface area (Å²) in [5, 5.41) is 0. The maximum absolute atomic E-state index is 13.3. The van der Waals surface area contributed by atoms with E-state index >= 15 is 0 Å². The van der Waals surface area contributed by atoms with Crippen LogP contribution in [0.25, 0.3) is 0 Å². The van der Waals surface area contributed by atoms with E-state index in [9.17, 15) is 14.4 Å². The quantitative estimate of drug-likeness (QED) is 0.716. The van der Waals surface area contributed by atoms with Crippen LogP contribution in [0.5, 0.6) is 0 Å². The van der Waals surface area contributed by atoms with Crippen molar-refractivity contribution >= 4 is 17.9 Å². The Morgan fingerprint density at radius 1 is 1.20 bits per heavy atom. The predicted octanol–water partition coefficient (Wildman–Crippen LogP) is 3.92. The highest BCUT2D eigenvalue weighted by Gasteiger charge is 2.62. The summed E-state index contributed by atoms with van der Waals surface area (Å²) >= 11 is 0. The second-order valence-corrected chi connectivity index (χ2v) is 9.30. The Morgan fingerprint density at radius 3 is 2.68 bits per heavy atom. The van der Waals surface area contributed by atoms with Crippen molar-refractivity contribution in [3.05, 3.63) is 23.8 Å². The molecular weight excluding hydrogens is 312 g/mol. The van der Waals surface area contributed by atoms with Gasteiger partial charge in [0.25, 0.3) is 0 Å². The fourth-order valence-corrected chi connectivity index (χ4v) is 7.03. The van der Waals surface area contributed by atoms with Gasteiger partial charge in [0.05, 0.1) is 0 Å². The molecule has 0 saturated heterocycles. The van der Waals surface area contributed by atoms with Crippen molar-refractivity contribution in [1.29, 1.82) is 0 Å². The number of allylic oxidation sites excluding steroid dienone is 4. The second kappa shape index (κ2) is 5.49. The van der Waals surface area contributed by atoms with Gasteiger partial charge in [0.1, 0.15) is 12.1 Å². The Kier molecular flexibility index (Phi) is 3.72. The molecule has 0 aromatic heterocycles. The monoisotopic (exact) mass is 340 g/mol. The second-order valence-electron chi connectivity index (χ2n) is 9.30. The Bertz CT molecular complexity index is 702. The molecule has 25 heavy (non-hydrogen) atoms. The third-order valence-corrected chi connectivity index (χ3v) is 8.17. The van der Waals surface area contributed by atoms with Crippen LogP contribution in [0.4, 0.5) is 0 Å². The van der Waals surface area contributed by atoms with Crippen molar-refractivity contribution in [3.63, 3.8) is 0 Å². The van der Waals surface area contributed by atoms with Crippen molar-refractivity contribution in [1.82, 2.24) is 0 Å². The highest BCUT2D eigenvalue weighted by Crippen LogP contribution is 2.65. The molecule has 4 aliphatic carbocycles. The minimum Gasteiger partial charge on any atom is -0.303 e. The lowest BCUT2D eigenvalue weighted by Gasteiger charge is -2.56. The zero-order valence-electron chi connectivity index (χ0n) is 15.5. The molecular formula is C22H28O3. The zero-order valence-corrected chi connectivity index (χ0v) is 15.5. The minimum absolute atomic E-state index is 0.000197. The number of hydrogen-bond acceptors (Lipinski definition) is 3. The zero-order chi connectivity index (χ0) is 18.0. The van der Waals surface area contributed by atoms with Crippen LogP contribution in [0, 0.1) is 40.4 Å². The van der Waals surface area contributed by atoms with Gasteiger partial charge in [-0.1, -0.05) is 32.4 Å². The predicted molar refractivity (Wildman–Crippen MR) is 95.7 cm³/mol. The van der Waals surface area contributed by atoms with E-state index in [0.717, 1.165) is 37.5 Å². The average molecular weight is 340 g/mol. The Balaban J connectivity index is 1.73. The SMILES string of the molecule is CC(C=O)[C@H]1CC[C@H]2[C@@H]3CCC4=CC(=O)C=C[C@]4(C)[C@H]3C(=O)C[C@]12C. The van der Waals surface area contributed by atoms with Crippen molar-refractivity contribution in [2.24, 2.45) is 40.4 Å². The molecule has 3 fully saturated rings. The Labute approximate surface area is 149 Å². The average Bonchev–Trinajstić information content (AvgIpc) is 2.91. The summed E-state index contributed by atoms with van der Waals surface area (Å²) in [6.45, 7) is 6.43. The van der Waals surface area contributed by atoms with Gasteiger partial charge in [0.15, 0.2) is 5.78 Å². The highest BCUT2D eigenvalue weighted by molar-refractivity contribution is 6.01. The van der Waals surface area contributed by atoms with E-state index in [1.165, 1.54) is 0 Å². The van der Waals surface area contributed by atoms with Crippen LogP contribution >= 0.6 is 0 Å². The first-order valence-corrected chi connectivity index (χ1v) is 9.73. The first kappa shape index (κ1) is 16.9. The van der Waals surface area contributed by atoms with Gasteiger partial charge in [-0.05, 0) is 61.0 Å². The lowest BCUT2D eigenvalue weighted by molar-refractivity contribution is -0.144. The van der Waals surface area contributed by atoms with E-state index in [1.807, 2.05) is 13.0 Å². The third-order valence-electron chi connectivity index (χ3n) is 8.17. The van der Waals surface area contributed by atoms with Crippen LogP contribution in [0.1, 0.15) is 52.9 Å². The summed E-state index contributed by atoms with van der Waals surface area (Å²) in [4.78, 5) is 36.6. The maximum Gasteiger partial charge on any atom is 0.178 e. The van der Waals surface area contributed by atoms with Gasteiger partial charge < -0.3 is 4.79 Å². The molecule has 3 nitrogen and oxygen atoms in total. The first-order valence-electron chi connectivity index (χ1n) is 9.73. The third kappa shape index (κ3) is 2.20. The molecule has 1 unspecified atom stereocenters. The molecule has 0 aliphatic heterocycles. The largest absolute Gasteiger partial charge is 0.303 e. The van der Waals surface area contributed by atoms with Crippen molar-refractivity contribution in [3.8, 4) is 0 Å². The van der Waals surface area contributed by atoms with E-state index in [-0.39, 0.29) is 28.4 Å². The van der Waals surface area contributed by atoms with Crippen molar-refractivity contribution in [2.75, 3.05) is 0 Å². The molecule has 0 heterocycles. The van der Waals surface area contributed by atoms with E-state index in [1.54, 1.807) is 12.2 Å². The molecule has 0 N–H and O–H groups in total. The molecule has 0 amide bonds. The molecule has 4 rings (SSSR count). The number of carbonyl (C=O) groups is 3. The summed E-state index contributed by atoms with van der Waals surface area (Å²) in [5.74, 6) is 1.66. The van der Waals surface area contributed by atoms with Crippen LogP contribution in [-0.4, -0.2) is 17.9 Å². The summed E-state index contributed by atoms with van der Waals surface area (Å²) in [6.07, 6.45) is 11.2. The minimum atomic E-state index is -0.288. The van der Waals surface area contributed by atoms with Crippen LogP contribution in [0.2, 0.25) is 0 Å². The molecule has 3 saturated carbocycles. The molecule has 0 spiro atoms.